The summed E-state index contributed by atoms with van der Waals surface area (Å²) in [7, 11) is 0. The van der Waals surface area contributed by atoms with Crippen molar-refractivity contribution in [2.75, 3.05) is 5.73 Å². The number of nitrogen functional groups attached to an aromatic ring is 1. The van der Waals surface area contributed by atoms with Crippen LogP contribution in [-0.4, -0.2) is 9.55 Å². The van der Waals surface area contributed by atoms with E-state index in [1.807, 2.05) is 0 Å². The van der Waals surface area contributed by atoms with Gasteiger partial charge < -0.3 is 10.3 Å². The van der Waals surface area contributed by atoms with Crippen LogP contribution in [-0.2, 0) is 0 Å². The van der Waals surface area contributed by atoms with Gasteiger partial charge in [0.2, 0.25) is 5.95 Å². The maximum absolute atomic E-state index is 5.96. The molecule has 1 aromatic carbocycles. The average Bonchev–Trinajstić information content (AvgIpc) is 2.77. The molecule has 0 amide bonds. The monoisotopic (exact) mass is 313 g/mol. The lowest BCUT2D eigenvalue weighted by atomic mass is 10.3. The lowest BCUT2D eigenvalue weighted by Gasteiger charge is -2.03. The van der Waals surface area contributed by atoms with Gasteiger partial charge in [-0.25, -0.2) is 4.98 Å². The van der Waals surface area contributed by atoms with E-state index in [1.54, 1.807) is 0 Å². The third kappa shape index (κ3) is 1.42. The molecule has 0 saturated heterocycles. The molecule has 2 N–H and O–H groups in total. The molecule has 3 nitrogen and oxygen atoms in total. The zero-order valence-electron chi connectivity index (χ0n) is 8.44. The van der Waals surface area contributed by atoms with Crippen LogP contribution < -0.4 is 5.73 Å². The second kappa shape index (κ2) is 3.10. The first-order valence-corrected chi connectivity index (χ1v) is 6.17. The van der Waals surface area contributed by atoms with E-state index in [-0.39, 0.29) is 0 Å². The minimum atomic E-state index is 0.565. The lowest BCUT2D eigenvalue weighted by Crippen LogP contribution is -2.01. The Kier molecular flexibility index (Phi) is 1.95. The molecule has 1 aliphatic carbocycles. The van der Waals surface area contributed by atoms with Gasteiger partial charge >= 0.3 is 0 Å². The fourth-order valence-electron chi connectivity index (χ4n) is 2.10. The van der Waals surface area contributed by atoms with E-state index in [0.29, 0.717) is 12.0 Å². The molecule has 1 aliphatic rings. The maximum Gasteiger partial charge on any atom is 0.201 e. The van der Waals surface area contributed by atoms with Gasteiger partial charge in [-0.1, -0.05) is 6.92 Å². The Morgan fingerprint density at radius 1 is 1.53 bits per heavy atom. The van der Waals surface area contributed by atoms with Crippen LogP contribution in [0.3, 0.4) is 0 Å². The van der Waals surface area contributed by atoms with Gasteiger partial charge in [-0.15, -0.1) is 0 Å². The number of aromatic nitrogens is 2. The first-order valence-electron chi connectivity index (χ1n) is 5.10. The second-order valence-electron chi connectivity index (χ2n) is 4.25. The van der Waals surface area contributed by atoms with E-state index in [2.05, 4.69) is 57.3 Å². The number of anilines is 1. The van der Waals surface area contributed by atoms with Gasteiger partial charge in [0.25, 0.3) is 0 Å². The van der Waals surface area contributed by atoms with Crippen LogP contribution >= 0.6 is 22.6 Å². The summed E-state index contributed by atoms with van der Waals surface area (Å²) in [5.41, 5.74) is 8.14. The Morgan fingerprint density at radius 2 is 2.27 bits per heavy atom. The molecule has 1 aromatic heterocycles. The van der Waals surface area contributed by atoms with Crippen molar-refractivity contribution in [3.8, 4) is 0 Å². The number of hydrogen-bond donors (Lipinski definition) is 1. The number of fused-ring (bicyclic) bond motifs is 1. The molecule has 15 heavy (non-hydrogen) atoms. The minimum Gasteiger partial charge on any atom is -0.369 e. The zero-order chi connectivity index (χ0) is 10.6. The van der Waals surface area contributed by atoms with Gasteiger partial charge in [0.15, 0.2) is 0 Å². The first kappa shape index (κ1) is 9.45. The molecule has 0 aliphatic heterocycles. The topological polar surface area (TPSA) is 43.8 Å². The molecule has 2 unspecified atom stereocenters. The number of hydrogen-bond acceptors (Lipinski definition) is 2. The summed E-state index contributed by atoms with van der Waals surface area (Å²) in [5.74, 6) is 1.39. The number of benzene rings is 1. The smallest absolute Gasteiger partial charge is 0.201 e. The highest BCUT2D eigenvalue weighted by Crippen LogP contribution is 2.45. The summed E-state index contributed by atoms with van der Waals surface area (Å²) < 4.78 is 3.38. The van der Waals surface area contributed by atoms with Crippen LogP contribution in [0, 0.1) is 9.49 Å². The Bertz CT molecular complexity index is 532. The van der Waals surface area contributed by atoms with Gasteiger partial charge in [0.1, 0.15) is 0 Å². The fourth-order valence-corrected chi connectivity index (χ4v) is 2.58. The molecule has 0 radical (unpaired) electrons. The third-order valence-corrected chi connectivity index (χ3v) is 3.75. The quantitative estimate of drug-likeness (QED) is 0.823. The summed E-state index contributed by atoms with van der Waals surface area (Å²) in [6.07, 6.45) is 1.22. The van der Waals surface area contributed by atoms with Crippen molar-refractivity contribution in [1.82, 2.24) is 9.55 Å². The van der Waals surface area contributed by atoms with E-state index in [1.165, 1.54) is 15.5 Å². The van der Waals surface area contributed by atoms with Gasteiger partial charge in [0, 0.05) is 9.61 Å². The van der Waals surface area contributed by atoms with Crippen LogP contribution in [0.2, 0.25) is 0 Å². The van der Waals surface area contributed by atoms with Crippen molar-refractivity contribution in [2.24, 2.45) is 5.92 Å². The number of nitrogens with two attached hydrogens (primary N) is 1. The summed E-state index contributed by atoms with van der Waals surface area (Å²) in [6.45, 7) is 2.25. The summed E-state index contributed by atoms with van der Waals surface area (Å²) in [4.78, 5) is 4.41. The molecule has 4 heteroatoms. The Hall–Kier alpha value is -0.780. The zero-order valence-corrected chi connectivity index (χ0v) is 10.6. The average molecular weight is 313 g/mol. The molecule has 78 valence electrons. The second-order valence-corrected chi connectivity index (χ2v) is 5.50. The van der Waals surface area contributed by atoms with Gasteiger partial charge in [-0.3, -0.25) is 0 Å². The van der Waals surface area contributed by atoms with Crippen molar-refractivity contribution in [3.05, 3.63) is 21.8 Å². The van der Waals surface area contributed by atoms with Crippen LogP contribution in [0.15, 0.2) is 18.2 Å². The predicted molar refractivity (Wildman–Crippen MR) is 69.7 cm³/mol. The molecule has 1 saturated carbocycles. The van der Waals surface area contributed by atoms with Crippen LogP contribution in [0.25, 0.3) is 11.0 Å². The predicted octanol–water partition coefficient (Wildman–Crippen LogP) is 2.80. The Morgan fingerprint density at radius 3 is 2.93 bits per heavy atom. The third-order valence-electron chi connectivity index (χ3n) is 3.08. The van der Waals surface area contributed by atoms with E-state index in [0.717, 1.165) is 11.4 Å². The molecule has 3 rings (SSSR count). The summed E-state index contributed by atoms with van der Waals surface area (Å²) >= 11 is 2.30. The van der Waals surface area contributed by atoms with Crippen LogP contribution in [0.5, 0.6) is 0 Å². The van der Waals surface area contributed by atoms with Crippen molar-refractivity contribution in [2.45, 2.75) is 19.4 Å². The van der Waals surface area contributed by atoms with Crippen molar-refractivity contribution >= 4 is 39.6 Å². The molecule has 1 fully saturated rings. The highest BCUT2D eigenvalue weighted by molar-refractivity contribution is 14.1. The van der Waals surface area contributed by atoms with E-state index in [9.17, 15) is 0 Å². The maximum atomic E-state index is 5.96. The Labute approximate surface area is 102 Å². The first-order chi connectivity index (χ1) is 7.16. The standard InChI is InChI=1S/C11H12IN3/c1-6-4-10(6)15-9-3-2-7(12)5-8(9)14-11(15)13/h2-3,5-6,10H,4H2,1H3,(H2,13,14). The van der Waals surface area contributed by atoms with E-state index >= 15 is 0 Å². The van der Waals surface area contributed by atoms with Crippen LogP contribution in [0.4, 0.5) is 5.95 Å². The molecule has 2 atom stereocenters. The number of nitrogens with zero attached hydrogens (tertiary/aromatic N) is 2. The minimum absolute atomic E-state index is 0.565. The molecular formula is C11H12IN3. The molecule has 2 aromatic rings. The largest absolute Gasteiger partial charge is 0.369 e. The van der Waals surface area contributed by atoms with Gasteiger partial charge in [-0.2, -0.15) is 0 Å². The highest BCUT2D eigenvalue weighted by atomic mass is 127. The molecular weight excluding hydrogens is 301 g/mol. The SMILES string of the molecule is CC1CC1n1c(N)nc2cc(I)ccc21. The number of imidazole rings is 1. The summed E-state index contributed by atoms with van der Waals surface area (Å²) in [5, 5.41) is 0. The lowest BCUT2D eigenvalue weighted by molar-refractivity contribution is 0.715. The normalized spacial score (nSPS) is 24.7. The van der Waals surface area contributed by atoms with E-state index in [4.69, 9.17) is 5.73 Å². The van der Waals surface area contributed by atoms with E-state index < -0.39 is 0 Å². The van der Waals surface area contributed by atoms with Gasteiger partial charge in [-0.05, 0) is 53.1 Å². The summed E-state index contributed by atoms with van der Waals surface area (Å²) in [6, 6.07) is 6.87. The molecule has 0 spiro atoms. The Balaban J connectivity index is 2.24. The number of halogens is 1. The van der Waals surface area contributed by atoms with Crippen molar-refractivity contribution < 1.29 is 0 Å². The molecule has 0 bridgehead atoms. The molecule has 1 heterocycles. The van der Waals surface area contributed by atoms with Crippen LogP contribution in [0.1, 0.15) is 19.4 Å². The highest BCUT2D eigenvalue weighted by Gasteiger charge is 2.36. The fraction of sp³-hybridized carbons (Fsp3) is 0.364. The van der Waals surface area contributed by atoms with Gasteiger partial charge in [0.05, 0.1) is 11.0 Å². The van der Waals surface area contributed by atoms with Crippen molar-refractivity contribution in [1.29, 1.82) is 0 Å². The number of rotatable bonds is 1. The van der Waals surface area contributed by atoms with Crippen molar-refractivity contribution in [3.63, 3.8) is 0 Å².